The zero-order valence-electron chi connectivity index (χ0n) is 10.1. The van der Waals surface area contributed by atoms with Gasteiger partial charge in [0.05, 0.1) is 5.02 Å². The van der Waals surface area contributed by atoms with Gasteiger partial charge in [-0.1, -0.05) is 27.5 Å². The van der Waals surface area contributed by atoms with Gasteiger partial charge in [-0.15, -0.1) is 0 Å². The second-order valence-electron chi connectivity index (χ2n) is 3.89. The lowest BCUT2D eigenvalue weighted by Crippen LogP contribution is -2.14. The average Bonchev–Trinajstić information content (AvgIpc) is 2.38. The normalized spacial score (nSPS) is 11.3. The van der Waals surface area contributed by atoms with Crippen LogP contribution in [0.3, 0.4) is 0 Å². The first kappa shape index (κ1) is 15.2. The van der Waals surface area contributed by atoms with Crippen LogP contribution in [0, 0.1) is 0 Å². The summed E-state index contributed by atoms with van der Waals surface area (Å²) in [5.74, 6) is 0.170. The van der Waals surface area contributed by atoms with Crippen molar-refractivity contribution in [3.05, 3.63) is 51.7 Å². The molecule has 2 N–H and O–H groups in total. The summed E-state index contributed by atoms with van der Waals surface area (Å²) in [6, 6.07) is 6.27. The van der Waals surface area contributed by atoms with E-state index in [1.54, 1.807) is 18.3 Å². The SMILES string of the molecule is NS(=O)(=O)c1cc(Br)ccc1OCc1ccncc1Cl. The van der Waals surface area contributed by atoms with Gasteiger partial charge < -0.3 is 4.74 Å². The number of halogens is 2. The van der Waals surface area contributed by atoms with Crippen LogP contribution in [0.5, 0.6) is 5.75 Å². The van der Waals surface area contributed by atoms with Crippen molar-refractivity contribution in [2.75, 3.05) is 0 Å². The Labute approximate surface area is 129 Å². The molecule has 1 heterocycles. The number of rotatable bonds is 4. The minimum absolute atomic E-state index is 0.0861. The van der Waals surface area contributed by atoms with Crippen LogP contribution in [0.1, 0.15) is 5.56 Å². The van der Waals surface area contributed by atoms with Crippen LogP contribution >= 0.6 is 27.5 Å². The third-order valence-electron chi connectivity index (χ3n) is 2.45. The number of nitrogens with two attached hydrogens (primary N) is 1. The molecule has 0 atom stereocenters. The van der Waals surface area contributed by atoms with Crippen LogP contribution in [0.4, 0.5) is 0 Å². The first-order chi connectivity index (χ1) is 9.38. The standard InChI is InChI=1S/C12H10BrClN2O3S/c13-9-1-2-11(12(5-9)20(15,17)18)19-7-8-3-4-16-6-10(8)14/h1-6H,7H2,(H2,15,17,18). The van der Waals surface area contributed by atoms with E-state index in [2.05, 4.69) is 20.9 Å². The maximum absolute atomic E-state index is 11.5. The van der Waals surface area contributed by atoms with Crippen LogP contribution in [0.2, 0.25) is 5.02 Å². The lowest BCUT2D eigenvalue weighted by molar-refractivity contribution is 0.298. The predicted molar refractivity (Wildman–Crippen MR) is 79.1 cm³/mol. The highest BCUT2D eigenvalue weighted by molar-refractivity contribution is 9.10. The Kier molecular flexibility index (Phi) is 4.64. The molecular formula is C12H10BrClN2O3S. The molecule has 0 aliphatic rings. The molecule has 0 aliphatic heterocycles. The maximum Gasteiger partial charge on any atom is 0.241 e. The number of nitrogens with zero attached hydrogens (tertiary/aromatic N) is 1. The van der Waals surface area contributed by atoms with Gasteiger partial charge >= 0.3 is 0 Å². The van der Waals surface area contributed by atoms with E-state index in [1.165, 1.54) is 18.3 Å². The van der Waals surface area contributed by atoms with E-state index in [4.69, 9.17) is 21.5 Å². The van der Waals surface area contributed by atoms with Gasteiger partial charge in [0.1, 0.15) is 17.3 Å². The molecule has 0 aliphatic carbocycles. The van der Waals surface area contributed by atoms with Crippen LogP contribution in [-0.4, -0.2) is 13.4 Å². The molecule has 0 amide bonds. The van der Waals surface area contributed by atoms with Gasteiger partial charge in [0.2, 0.25) is 10.0 Å². The summed E-state index contributed by atoms with van der Waals surface area (Å²) in [5, 5.41) is 5.61. The van der Waals surface area contributed by atoms with Gasteiger partial charge in [-0.2, -0.15) is 0 Å². The number of aromatic nitrogens is 1. The highest BCUT2D eigenvalue weighted by atomic mass is 79.9. The molecule has 20 heavy (non-hydrogen) atoms. The Morgan fingerprint density at radius 1 is 1.35 bits per heavy atom. The summed E-state index contributed by atoms with van der Waals surface area (Å²) in [7, 11) is -3.87. The largest absolute Gasteiger partial charge is 0.487 e. The molecule has 1 aromatic heterocycles. The first-order valence-corrected chi connectivity index (χ1v) is 8.13. The van der Waals surface area contributed by atoms with Gasteiger partial charge in [0.25, 0.3) is 0 Å². The third-order valence-corrected chi connectivity index (χ3v) is 4.22. The van der Waals surface area contributed by atoms with Gasteiger partial charge in [-0.3, -0.25) is 4.98 Å². The van der Waals surface area contributed by atoms with E-state index >= 15 is 0 Å². The quantitative estimate of drug-likeness (QED) is 0.888. The minimum Gasteiger partial charge on any atom is -0.487 e. The molecule has 0 spiro atoms. The molecule has 5 nitrogen and oxygen atoms in total. The fraction of sp³-hybridized carbons (Fsp3) is 0.0833. The van der Waals surface area contributed by atoms with E-state index in [0.717, 1.165) is 0 Å². The van der Waals surface area contributed by atoms with Gasteiger partial charge in [0.15, 0.2) is 0 Å². The van der Waals surface area contributed by atoms with Crippen molar-refractivity contribution < 1.29 is 13.2 Å². The number of primary sulfonamides is 1. The lowest BCUT2D eigenvalue weighted by Gasteiger charge is -2.11. The molecule has 2 rings (SSSR count). The highest BCUT2D eigenvalue weighted by Gasteiger charge is 2.16. The topological polar surface area (TPSA) is 82.3 Å². The Balaban J connectivity index is 2.29. The monoisotopic (exact) mass is 376 g/mol. The number of ether oxygens (including phenoxy) is 1. The third kappa shape index (κ3) is 3.69. The van der Waals surface area contributed by atoms with Gasteiger partial charge in [-0.05, 0) is 24.3 Å². The van der Waals surface area contributed by atoms with E-state index in [0.29, 0.717) is 15.1 Å². The van der Waals surface area contributed by atoms with Crippen LogP contribution in [-0.2, 0) is 16.6 Å². The summed E-state index contributed by atoms with van der Waals surface area (Å²) in [5.41, 5.74) is 0.699. The average molecular weight is 378 g/mol. The molecule has 0 radical (unpaired) electrons. The van der Waals surface area contributed by atoms with Gasteiger partial charge in [-0.25, -0.2) is 13.6 Å². The van der Waals surface area contributed by atoms with Gasteiger partial charge in [0, 0.05) is 22.4 Å². The van der Waals surface area contributed by atoms with E-state index in [1.807, 2.05) is 0 Å². The lowest BCUT2D eigenvalue weighted by atomic mass is 10.3. The summed E-state index contributed by atoms with van der Waals surface area (Å²) in [4.78, 5) is 3.77. The zero-order chi connectivity index (χ0) is 14.8. The molecule has 0 saturated heterocycles. The van der Waals surface area contributed by atoms with E-state index < -0.39 is 10.0 Å². The Hall–Kier alpha value is -1.15. The molecule has 0 fully saturated rings. The molecule has 1 aromatic carbocycles. The molecule has 106 valence electrons. The fourth-order valence-corrected chi connectivity index (χ4v) is 2.89. The number of hydrogen-bond acceptors (Lipinski definition) is 4. The van der Waals surface area contributed by atoms with E-state index in [9.17, 15) is 8.42 Å². The van der Waals surface area contributed by atoms with Crippen molar-refractivity contribution in [2.24, 2.45) is 5.14 Å². The van der Waals surface area contributed by atoms with Crippen molar-refractivity contribution in [3.63, 3.8) is 0 Å². The predicted octanol–water partition coefficient (Wildman–Crippen LogP) is 2.72. The maximum atomic E-state index is 11.5. The zero-order valence-corrected chi connectivity index (χ0v) is 13.2. The Bertz CT molecular complexity index is 737. The molecule has 0 bridgehead atoms. The van der Waals surface area contributed by atoms with Crippen molar-refractivity contribution in [1.29, 1.82) is 0 Å². The number of hydrogen-bond donors (Lipinski definition) is 1. The highest BCUT2D eigenvalue weighted by Crippen LogP contribution is 2.27. The molecule has 8 heteroatoms. The second kappa shape index (κ2) is 6.09. The minimum atomic E-state index is -3.87. The van der Waals surface area contributed by atoms with Crippen LogP contribution in [0.15, 0.2) is 46.0 Å². The Morgan fingerprint density at radius 3 is 2.75 bits per heavy atom. The number of sulfonamides is 1. The molecule has 0 saturated carbocycles. The summed E-state index contributed by atoms with van der Waals surface area (Å²) >= 11 is 9.14. The molecule has 2 aromatic rings. The van der Waals surface area contributed by atoms with Crippen LogP contribution in [0.25, 0.3) is 0 Å². The van der Waals surface area contributed by atoms with E-state index in [-0.39, 0.29) is 17.3 Å². The van der Waals surface area contributed by atoms with Crippen molar-refractivity contribution in [3.8, 4) is 5.75 Å². The smallest absolute Gasteiger partial charge is 0.241 e. The first-order valence-electron chi connectivity index (χ1n) is 5.41. The fourth-order valence-electron chi connectivity index (χ4n) is 1.50. The summed E-state index contributed by atoms with van der Waals surface area (Å²) < 4.78 is 29.1. The number of benzene rings is 1. The second-order valence-corrected chi connectivity index (χ2v) is 6.74. The van der Waals surface area contributed by atoms with Crippen molar-refractivity contribution >= 4 is 37.6 Å². The van der Waals surface area contributed by atoms with Crippen molar-refractivity contribution in [1.82, 2.24) is 4.98 Å². The summed E-state index contributed by atoms with van der Waals surface area (Å²) in [6.07, 6.45) is 3.06. The Morgan fingerprint density at radius 2 is 2.10 bits per heavy atom. The van der Waals surface area contributed by atoms with Crippen LogP contribution < -0.4 is 9.88 Å². The molecule has 0 unspecified atom stereocenters. The van der Waals surface area contributed by atoms with Crippen molar-refractivity contribution in [2.45, 2.75) is 11.5 Å². The number of pyridine rings is 1. The summed E-state index contributed by atoms with van der Waals surface area (Å²) in [6.45, 7) is 0.117. The molecular weight excluding hydrogens is 368 g/mol.